The molecule has 0 aliphatic rings. The van der Waals surface area contributed by atoms with Crippen LogP contribution in [0.2, 0.25) is 0 Å². The second-order valence-corrected chi connectivity index (χ2v) is 8.54. The van der Waals surface area contributed by atoms with Gasteiger partial charge in [-0.3, -0.25) is 4.79 Å². The molecule has 140 valence electrons. The minimum atomic E-state index is -3.04. The Morgan fingerprint density at radius 2 is 1.67 bits per heavy atom. The molecule has 6 nitrogen and oxygen atoms in total. The molecule has 0 saturated carbocycles. The molecule has 2 aromatic carbocycles. The van der Waals surface area contributed by atoms with Crippen molar-refractivity contribution in [3.8, 4) is 16.9 Å². The summed E-state index contributed by atoms with van der Waals surface area (Å²) in [5.74, 6) is -0.230. The summed E-state index contributed by atoms with van der Waals surface area (Å²) in [6, 6.07) is 19.0. The van der Waals surface area contributed by atoms with Gasteiger partial charge in [0.05, 0.1) is 17.0 Å². The van der Waals surface area contributed by atoms with E-state index in [4.69, 9.17) is 0 Å². The molecule has 27 heavy (non-hydrogen) atoms. The smallest absolute Gasteiger partial charge is 0.255 e. The summed E-state index contributed by atoms with van der Waals surface area (Å²) >= 11 is 0. The zero-order valence-corrected chi connectivity index (χ0v) is 15.8. The standard InChI is InChI=1S/C20H21N3O3S/c1-27(25,26)14-8-13-21-20(24)18-15-23(17-11-6-3-7-12-17)22-19(18)16-9-4-2-5-10-16/h2-7,9-12,15H,8,13-14H2,1H3,(H,21,24). The van der Waals surface area contributed by atoms with Crippen LogP contribution >= 0.6 is 0 Å². The van der Waals surface area contributed by atoms with Gasteiger partial charge in [0.15, 0.2) is 0 Å². The minimum Gasteiger partial charge on any atom is -0.352 e. The van der Waals surface area contributed by atoms with Gasteiger partial charge in [0.2, 0.25) is 0 Å². The SMILES string of the molecule is CS(=O)(=O)CCCNC(=O)c1cn(-c2ccccc2)nc1-c1ccccc1. The van der Waals surface area contributed by atoms with Crippen LogP contribution in [-0.2, 0) is 9.84 Å². The summed E-state index contributed by atoms with van der Waals surface area (Å²) in [5, 5.41) is 7.39. The van der Waals surface area contributed by atoms with Gasteiger partial charge in [-0.2, -0.15) is 5.10 Å². The molecule has 0 aliphatic carbocycles. The maximum absolute atomic E-state index is 12.7. The molecule has 3 rings (SSSR count). The lowest BCUT2D eigenvalue weighted by Gasteiger charge is -2.05. The number of carbonyl (C=O) groups excluding carboxylic acids is 1. The molecule has 1 aromatic heterocycles. The number of hydrogen-bond donors (Lipinski definition) is 1. The molecular weight excluding hydrogens is 362 g/mol. The highest BCUT2D eigenvalue weighted by Gasteiger charge is 2.18. The van der Waals surface area contributed by atoms with E-state index in [2.05, 4.69) is 10.4 Å². The Balaban J connectivity index is 1.86. The molecule has 0 aliphatic heterocycles. The van der Waals surface area contributed by atoms with Gasteiger partial charge < -0.3 is 5.32 Å². The summed E-state index contributed by atoms with van der Waals surface area (Å²) in [6.07, 6.45) is 3.26. The summed E-state index contributed by atoms with van der Waals surface area (Å²) < 4.78 is 24.1. The molecule has 0 fully saturated rings. The molecule has 0 bridgehead atoms. The van der Waals surface area contributed by atoms with Crippen LogP contribution in [0.4, 0.5) is 0 Å². The fraction of sp³-hybridized carbons (Fsp3) is 0.200. The van der Waals surface area contributed by atoms with Crippen molar-refractivity contribution in [3.63, 3.8) is 0 Å². The Hall–Kier alpha value is -2.93. The van der Waals surface area contributed by atoms with E-state index in [1.807, 2.05) is 60.7 Å². The summed E-state index contributed by atoms with van der Waals surface area (Å²) in [7, 11) is -3.04. The Bertz CT molecular complexity index is 1010. The van der Waals surface area contributed by atoms with Crippen molar-refractivity contribution in [2.24, 2.45) is 0 Å². The Morgan fingerprint density at radius 3 is 2.30 bits per heavy atom. The first-order valence-electron chi connectivity index (χ1n) is 8.60. The molecule has 1 amide bonds. The van der Waals surface area contributed by atoms with Gasteiger partial charge >= 0.3 is 0 Å². The fourth-order valence-electron chi connectivity index (χ4n) is 2.69. The van der Waals surface area contributed by atoms with E-state index in [1.165, 1.54) is 6.26 Å². The number of nitrogens with zero attached hydrogens (tertiary/aromatic N) is 2. The van der Waals surface area contributed by atoms with Crippen LogP contribution < -0.4 is 5.32 Å². The molecule has 0 radical (unpaired) electrons. The van der Waals surface area contributed by atoms with Crippen LogP contribution in [0.3, 0.4) is 0 Å². The maximum Gasteiger partial charge on any atom is 0.255 e. The predicted molar refractivity (Wildman–Crippen MR) is 106 cm³/mol. The Labute approximate surface area is 158 Å². The van der Waals surface area contributed by atoms with Gasteiger partial charge in [0.1, 0.15) is 15.5 Å². The molecule has 0 atom stereocenters. The number of para-hydroxylation sites is 1. The highest BCUT2D eigenvalue weighted by atomic mass is 32.2. The lowest BCUT2D eigenvalue weighted by Crippen LogP contribution is -2.26. The summed E-state index contributed by atoms with van der Waals surface area (Å²) in [5.41, 5.74) is 2.73. The average molecular weight is 383 g/mol. The third-order valence-electron chi connectivity index (χ3n) is 4.00. The van der Waals surface area contributed by atoms with Crippen LogP contribution in [0, 0.1) is 0 Å². The number of carbonyl (C=O) groups is 1. The van der Waals surface area contributed by atoms with Gasteiger partial charge in [0, 0.05) is 24.6 Å². The highest BCUT2D eigenvalue weighted by molar-refractivity contribution is 7.90. The van der Waals surface area contributed by atoms with Gasteiger partial charge in [-0.15, -0.1) is 0 Å². The minimum absolute atomic E-state index is 0.0437. The first-order valence-corrected chi connectivity index (χ1v) is 10.7. The highest BCUT2D eigenvalue weighted by Crippen LogP contribution is 2.23. The van der Waals surface area contributed by atoms with Gasteiger partial charge in [-0.1, -0.05) is 48.5 Å². The van der Waals surface area contributed by atoms with E-state index in [0.29, 0.717) is 17.7 Å². The summed E-state index contributed by atoms with van der Waals surface area (Å²) in [6.45, 7) is 0.288. The van der Waals surface area contributed by atoms with Crippen LogP contribution in [0.5, 0.6) is 0 Å². The van der Waals surface area contributed by atoms with E-state index in [0.717, 1.165) is 11.3 Å². The number of sulfone groups is 1. The average Bonchev–Trinajstić information content (AvgIpc) is 3.11. The number of benzene rings is 2. The predicted octanol–water partition coefficient (Wildman–Crippen LogP) is 2.70. The fourth-order valence-corrected chi connectivity index (χ4v) is 3.36. The van der Waals surface area contributed by atoms with Crippen molar-refractivity contribution >= 4 is 15.7 Å². The van der Waals surface area contributed by atoms with E-state index in [1.54, 1.807) is 10.9 Å². The van der Waals surface area contributed by atoms with Crippen molar-refractivity contribution in [1.82, 2.24) is 15.1 Å². The number of nitrogens with one attached hydrogen (secondary N) is 1. The number of amides is 1. The zero-order valence-electron chi connectivity index (χ0n) is 15.0. The number of aromatic nitrogens is 2. The second-order valence-electron chi connectivity index (χ2n) is 6.28. The molecular formula is C20H21N3O3S. The topological polar surface area (TPSA) is 81.1 Å². The van der Waals surface area contributed by atoms with Gasteiger partial charge in [-0.05, 0) is 18.6 Å². The van der Waals surface area contributed by atoms with E-state index in [9.17, 15) is 13.2 Å². The Morgan fingerprint density at radius 1 is 1.04 bits per heavy atom. The Kier molecular flexibility index (Phi) is 5.71. The zero-order chi connectivity index (χ0) is 19.3. The van der Waals surface area contributed by atoms with E-state index < -0.39 is 9.84 Å². The molecule has 1 N–H and O–H groups in total. The van der Waals surface area contributed by atoms with Crippen molar-refractivity contribution < 1.29 is 13.2 Å². The molecule has 7 heteroatoms. The molecule has 1 heterocycles. The summed E-state index contributed by atoms with van der Waals surface area (Å²) in [4.78, 5) is 12.7. The molecule has 0 unspecified atom stereocenters. The van der Waals surface area contributed by atoms with Crippen LogP contribution in [0.25, 0.3) is 16.9 Å². The van der Waals surface area contributed by atoms with Gasteiger partial charge in [0.25, 0.3) is 5.91 Å². The van der Waals surface area contributed by atoms with Crippen LogP contribution in [0.15, 0.2) is 66.9 Å². The normalized spacial score (nSPS) is 11.3. The third kappa shape index (κ3) is 5.04. The van der Waals surface area contributed by atoms with E-state index in [-0.39, 0.29) is 18.2 Å². The van der Waals surface area contributed by atoms with E-state index >= 15 is 0 Å². The third-order valence-corrected chi connectivity index (χ3v) is 5.03. The largest absolute Gasteiger partial charge is 0.352 e. The monoisotopic (exact) mass is 383 g/mol. The first-order chi connectivity index (χ1) is 12.9. The van der Waals surface area contributed by atoms with Crippen molar-refractivity contribution in [3.05, 3.63) is 72.4 Å². The quantitative estimate of drug-likeness (QED) is 0.636. The second kappa shape index (κ2) is 8.18. The van der Waals surface area contributed by atoms with Crippen molar-refractivity contribution in [1.29, 1.82) is 0 Å². The number of hydrogen-bond acceptors (Lipinski definition) is 4. The lowest BCUT2D eigenvalue weighted by molar-refractivity contribution is 0.0954. The molecule has 3 aromatic rings. The van der Waals surface area contributed by atoms with Crippen LogP contribution in [0.1, 0.15) is 16.8 Å². The van der Waals surface area contributed by atoms with Crippen LogP contribution in [-0.4, -0.2) is 42.7 Å². The maximum atomic E-state index is 12.7. The molecule has 0 spiro atoms. The number of rotatable bonds is 7. The van der Waals surface area contributed by atoms with Gasteiger partial charge in [-0.25, -0.2) is 13.1 Å². The lowest BCUT2D eigenvalue weighted by atomic mass is 10.1. The first kappa shape index (κ1) is 18.8. The molecule has 0 saturated heterocycles. The van der Waals surface area contributed by atoms with Crippen molar-refractivity contribution in [2.75, 3.05) is 18.6 Å². The van der Waals surface area contributed by atoms with Crippen molar-refractivity contribution in [2.45, 2.75) is 6.42 Å².